The highest BCUT2D eigenvalue weighted by atomic mass is 16.6. The monoisotopic (exact) mass is 368 g/mol. The Morgan fingerprint density at radius 3 is 2.44 bits per heavy atom. The van der Waals surface area contributed by atoms with Crippen LogP contribution in [-0.2, 0) is 11.3 Å². The highest BCUT2D eigenvalue weighted by molar-refractivity contribution is 5.77. The van der Waals surface area contributed by atoms with Crippen molar-refractivity contribution in [3.63, 3.8) is 0 Å². The first-order chi connectivity index (χ1) is 13.3. The van der Waals surface area contributed by atoms with Crippen LogP contribution in [0.1, 0.15) is 5.56 Å². The van der Waals surface area contributed by atoms with Crippen molar-refractivity contribution >= 4 is 5.91 Å². The molecule has 0 radical (unpaired) electrons. The second-order valence-electron chi connectivity index (χ2n) is 6.74. The van der Waals surface area contributed by atoms with Gasteiger partial charge in [-0.15, -0.1) is 0 Å². The average Bonchev–Trinajstić information content (AvgIpc) is 2.73. The second kappa shape index (κ2) is 8.31. The summed E-state index contributed by atoms with van der Waals surface area (Å²) in [6, 6.07) is 15.6. The van der Waals surface area contributed by atoms with Crippen molar-refractivity contribution in [3.8, 4) is 17.2 Å². The Kier molecular flexibility index (Phi) is 5.44. The van der Waals surface area contributed by atoms with Gasteiger partial charge in [0.15, 0.2) is 18.1 Å². The van der Waals surface area contributed by atoms with Crippen LogP contribution in [-0.4, -0.2) is 61.7 Å². The molecule has 0 unspecified atom stereocenters. The van der Waals surface area contributed by atoms with Gasteiger partial charge >= 0.3 is 0 Å². The standard InChI is InChI=1S/C21H24N2O4/c24-21(16-27-18-4-2-1-3-5-18)23-10-8-22(9-11-23)15-17-6-7-19-20(14-17)26-13-12-25-19/h1-7,14H,8-13,15-16H2. The Hall–Kier alpha value is -2.73. The molecule has 6 heteroatoms. The van der Waals surface area contributed by atoms with Crippen molar-refractivity contribution < 1.29 is 19.0 Å². The van der Waals surface area contributed by atoms with E-state index in [4.69, 9.17) is 14.2 Å². The average molecular weight is 368 g/mol. The molecular weight excluding hydrogens is 344 g/mol. The smallest absolute Gasteiger partial charge is 0.260 e. The largest absolute Gasteiger partial charge is 0.486 e. The zero-order valence-electron chi connectivity index (χ0n) is 15.3. The van der Waals surface area contributed by atoms with Crippen LogP contribution in [0.15, 0.2) is 48.5 Å². The number of piperazine rings is 1. The number of carbonyl (C=O) groups excluding carboxylic acids is 1. The van der Waals surface area contributed by atoms with Crippen LogP contribution in [0.3, 0.4) is 0 Å². The zero-order valence-corrected chi connectivity index (χ0v) is 15.3. The molecule has 0 N–H and O–H groups in total. The molecule has 2 heterocycles. The van der Waals surface area contributed by atoms with Crippen LogP contribution in [0.5, 0.6) is 17.2 Å². The van der Waals surface area contributed by atoms with E-state index in [-0.39, 0.29) is 12.5 Å². The fourth-order valence-corrected chi connectivity index (χ4v) is 3.35. The highest BCUT2D eigenvalue weighted by Crippen LogP contribution is 2.31. The molecule has 2 aromatic rings. The van der Waals surface area contributed by atoms with E-state index < -0.39 is 0 Å². The molecular formula is C21H24N2O4. The highest BCUT2D eigenvalue weighted by Gasteiger charge is 2.22. The molecule has 1 saturated heterocycles. The Bertz CT molecular complexity index is 773. The Balaban J connectivity index is 1.24. The lowest BCUT2D eigenvalue weighted by Gasteiger charge is -2.34. The fourth-order valence-electron chi connectivity index (χ4n) is 3.35. The van der Waals surface area contributed by atoms with Gasteiger partial charge in [-0.3, -0.25) is 9.69 Å². The molecule has 4 rings (SSSR count). The molecule has 1 fully saturated rings. The van der Waals surface area contributed by atoms with Gasteiger partial charge in [0.1, 0.15) is 19.0 Å². The van der Waals surface area contributed by atoms with Crippen LogP contribution in [0.2, 0.25) is 0 Å². The zero-order chi connectivity index (χ0) is 18.5. The molecule has 2 aliphatic heterocycles. The SMILES string of the molecule is O=C(COc1ccccc1)N1CCN(Cc2ccc3c(c2)OCCO3)CC1. The van der Waals surface area contributed by atoms with Gasteiger partial charge < -0.3 is 19.1 Å². The molecule has 0 saturated carbocycles. The maximum atomic E-state index is 12.3. The summed E-state index contributed by atoms with van der Waals surface area (Å²) in [6.07, 6.45) is 0. The van der Waals surface area contributed by atoms with Gasteiger partial charge in [0.25, 0.3) is 5.91 Å². The number of benzene rings is 2. The lowest BCUT2D eigenvalue weighted by Crippen LogP contribution is -2.49. The van der Waals surface area contributed by atoms with E-state index in [2.05, 4.69) is 17.0 Å². The molecule has 0 aromatic heterocycles. The fraction of sp³-hybridized carbons (Fsp3) is 0.381. The molecule has 1 amide bonds. The summed E-state index contributed by atoms with van der Waals surface area (Å²) >= 11 is 0. The Morgan fingerprint density at radius 2 is 1.67 bits per heavy atom. The number of fused-ring (bicyclic) bond motifs is 1. The van der Waals surface area contributed by atoms with Gasteiger partial charge in [0.2, 0.25) is 0 Å². The topological polar surface area (TPSA) is 51.2 Å². The number of hydrogen-bond donors (Lipinski definition) is 0. The molecule has 27 heavy (non-hydrogen) atoms. The summed E-state index contributed by atoms with van der Waals surface area (Å²) in [4.78, 5) is 16.6. The summed E-state index contributed by atoms with van der Waals surface area (Å²) in [7, 11) is 0. The summed E-state index contributed by atoms with van der Waals surface area (Å²) in [5.74, 6) is 2.41. The number of para-hydroxylation sites is 1. The first kappa shape index (κ1) is 17.7. The first-order valence-electron chi connectivity index (χ1n) is 9.34. The minimum absolute atomic E-state index is 0.0397. The number of nitrogens with zero attached hydrogens (tertiary/aromatic N) is 2. The number of carbonyl (C=O) groups is 1. The predicted molar refractivity (Wildman–Crippen MR) is 101 cm³/mol. The Labute approximate surface area is 159 Å². The lowest BCUT2D eigenvalue weighted by molar-refractivity contribution is -0.135. The molecule has 2 aromatic carbocycles. The summed E-state index contributed by atoms with van der Waals surface area (Å²) in [6.45, 7) is 5.30. The van der Waals surface area contributed by atoms with Gasteiger partial charge in [0.05, 0.1) is 0 Å². The number of rotatable bonds is 5. The normalized spacial score (nSPS) is 16.8. The molecule has 0 atom stereocenters. The van der Waals surface area contributed by atoms with Crippen LogP contribution in [0.25, 0.3) is 0 Å². The first-order valence-corrected chi connectivity index (χ1v) is 9.34. The van der Waals surface area contributed by atoms with E-state index >= 15 is 0 Å². The van der Waals surface area contributed by atoms with Crippen molar-refractivity contribution in [2.75, 3.05) is 46.0 Å². The van der Waals surface area contributed by atoms with E-state index in [1.54, 1.807) is 0 Å². The summed E-state index contributed by atoms with van der Waals surface area (Å²) in [5, 5.41) is 0. The minimum Gasteiger partial charge on any atom is -0.486 e. The third kappa shape index (κ3) is 4.52. The van der Waals surface area contributed by atoms with Gasteiger partial charge in [0, 0.05) is 32.7 Å². The maximum absolute atomic E-state index is 12.3. The molecule has 2 aliphatic rings. The second-order valence-corrected chi connectivity index (χ2v) is 6.74. The number of hydrogen-bond acceptors (Lipinski definition) is 5. The molecule has 0 spiro atoms. The molecule has 0 aliphatic carbocycles. The van der Waals surface area contributed by atoms with Crippen molar-refractivity contribution in [3.05, 3.63) is 54.1 Å². The van der Waals surface area contributed by atoms with Crippen LogP contribution in [0, 0.1) is 0 Å². The van der Waals surface area contributed by atoms with Gasteiger partial charge in [-0.25, -0.2) is 0 Å². The molecule has 6 nitrogen and oxygen atoms in total. The van der Waals surface area contributed by atoms with Gasteiger partial charge in [-0.05, 0) is 29.8 Å². The van der Waals surface area contributed by atoms with Crippen molar-refractivity contribution in [1.82, 2.24) is 9.80 Å². The van der Waals surface area contributed by atoms with E-state index in [9.17, 15) is 4.79 Å². The van der Waals surface area contributed by atoms with Crippen molar-refractivity contribution in [1.29, 1.82) is 0 Å². The van der Waals surface area contributed by atoms with E-state index in [0.717, 1.165) is 50.0 Å². The van der Waals surface area contributed by atoms with Crippen LogP contribution in [0.4, 0.5) is 0 Å². The van der Waals surface area contributed by atoms with Crippen molar-refractivity contribution in [2.24, 2.45) is 0 Å². The van der Waals surface area contributed by atoms with Gasteiger partial charge in [-0.1, -0.05) is 24.3 Å². The van der Waals surface area contributed by atoms with Crippen LogP contribution < -0.4 is 14.2 Å². The minimum atomic E-state index is 0.0397. The third-order valence-corrected chi connectivity index (χ3v) is 4.84. The summed E-state index contributed by atoms with van der Waals surface area (Å²) < 4.78 is 16.8. The summed E-state index contributed by atoms with van der Waals surface area (Å²) in [5.41, 5.74) is 1.20. The lowest BCUT2D eigenvalue weighted by atomic mass is 10.1. The van der Waals surface area contributed by atoms with E-state index in [0.29, 0.717) is 13.2 Å². The molecule has 0 bridgehead atoms. The van der Waals surface area contributed by atoms with E-state index in [1.165, 1.54) is 5.56 Å². The third-order valence-electron chi connectivity index (χ3n) is 4.84. The molecule has 142 valence electrons. The quantitative estimate of drug-likeness (QED) is 0.810. The maximum Gasteiger partial charge on any atom is 0.260 e. The van der Waals surface area contributed by atoms with Crippen molar-refractivity contribution in [2.45, 2.75) is 6.54 Å². The number of ether oxygens (including phenoxy) is 3. The predicted octanol–water partition coefficient (Wildman–Crippen LogP) is 2.18. The Morgan fingerprint density at radius 1 is 0.926 bits per heavy atom. The van der Waals surface area contributed by atoms with E-state index in [1.807, 2.05) is 41.3 Å². The van der Waals surface area contributed by atoms with Gasteiger partial charge in [-0.2, -0.15) is 0 Å². The number of amides is 1. The van der Waals surface area contributed by atoms with Crippen LogP contribution >= 0.6 is 0 Å².